The van der Waals surface area contributed by atoms with Gasteiger partial charge in [-0.3, -0.25) is 9.59 Å². The summed E-state index contributed by atoms with van der Waals surface area (Å²) in [5.41, 5.74) is 0. The Bertz CT molecular complexity index is 932. The number of ether oxygens (including phenoxy) is 3. The quantitative estimate of drug-likeness (QED) is 0.0328. The van der Waals surface area contributed by atoms with Crippen LogP contribution in [0.2, 0.25) is 0 Å². The number of carboxylic acid groups (broad SMARTS) is 1. The second kappa shape index (κ2) is 31.6. The molecule has 8 heteroatoms. The van der Waals surface area contributed by atoms with Crippen molar-refractivity contribution in [1.82, 2.24) is 0 Å². The van der Waals surface area contributed by atoms with Crippen molar-refractivity contribution in [2.24, 2.45) is 0 Å². The summed E-state index contributed by atoms with van der Waals surface area (Å²) >= 11 is 0. The second-order valence-corrected chi connectivity index (χ2v) is 13.4. The third-order valence-corrected chi connectivity index (χ3v) is 7.96. The van der Waals surface area contributed by atoms with Gasteiger partial charge >= 0.3 is 17.9 Å². The molecule has 0 aromatic carbocycles. The summed E-state index contributed by atoms with van der Waals surface area (Å²) in [5, 5.41) is 9.57. The molecule has 0 aromatic rings. The summed E-state index contributed by atoms with van der Waals surface area (Å²) in [6.45, 7) is 4.51. The van der Waals surface area contributed by atoms with Gasteiger partial charge in [-0.15, -0.1) is 0 Å². The average Bonchev–Trinajstić information content (AvgIpc) is 3.03. The van der Waals surface area contributed by atoms with Crippen LogP contribution in [0.15, 0.2) is 48.6 Å². The Hall–Kier alpha value is -2.71. The van der Waals surface area contributed by atoms with Gasteiger partial charge < -0.3 is 23.8 Å². The molecular formula is C40H70NO7+. The van der Waals surface area contributed by atoms with Crippen molar-refractivity contribution < 1.29 is 38.2 Å². The first-order valence-electron chi connectivity index (χ1n) is 18.7. The van der Waals surface area contributed by atoms with Gasteiger partial charge in [0.15, 0.2) is 12.1 Å². The highest BCUT2D eigenvalue weighted by atomic mass is 16.6. The summed E-state index contributed by atoms with van der Waals surface area (Å²) in [6, 6.07) is -0.620. The van der Waals surface area contributed by atoms with Crippen LogP contribution in [-0.2, 0) is 28.6 Å². The van der Waals surface area contributed by atoms with E-state index >= 15 is 0 Å². The van der Waals surface area contributed by atoms with Crippen LogP contribution in [0.4, 0.5) is 0 Å². The second-order valence-electron chi connectivity index (χ2n) is 13.4. The highest BCUT2D eigenvalue weighted by Gasteiger charge is 2.31. The smallest absolute Gasteiger partial charge is 0.362 e. The zero-order valence-electron chi connectivity index (χ0n) is 31.2. The van der Waals surface area contributed by atoms with Crippen LogP contribution in [0.1, 0.15) is 136 Å². The molecule has 1 N–H and O–H groups in total. The highest BCUT2D eigenvalue weighted by Crippen LogP contribution is 2.12. The number of rotatable bonds is 32. The lowest BCUT2D eigenvalue weighted by molar-refractivity contribution is -0.887. The summed E-state index contributed by atoms with van der Waals surface area (Å²) in [5.74, 6) is -1.53. The molecule has 0 aromatic heterocycles. The first-order chi connectivity index (χ1) is 23.1. The maximum Gasteiger partial charge on any atom is 0.362 e. The summed E-state index contributed by atoms with van der Waals surface area (Å²) < 4.78 is 17.1. The lowest BCUT2D eigenvalue weighted by Gasteiger charge is -2.31. The first-order valence-corrected chi connectivity index (χ1v) is 18.7. The van der Waals surface area contributed by atoms with Crippen LogP contribution in [0.25, 0.3) is 0 Å². The summed E-state index contributed by atoms with van der Waals surface area (Å²) in [6.07, 6.45) is 34.4. The van der Waals surface area contributed by atoms with Crippen molar-refractivity contribution in [2.75, 3.05) is 41.0 Å². The van der Waals surface area contributed by atoms with Crippen LogP contribution in [0.5, 0.6) is 0 Å². The van der Waals surface area contributed by atoms with Gasteiger partial charge in [0.25, 0.3) is 0 Å². The van der Waals surface area contributed by atoms with Gasteiger partial charge in [0.2, 0.25) is 0 Å². The van der Waals surface area contributed by atoms with Gasteiger partial charge in [-0.2, -0.15) is 0 Å². The van der Waals surface area contributed by atoms with E-state index in [9.17, 15) is 19.5 Å². The number of carbonyl (C=O) groups excluding carboxylic acids is 2. The predicted octanol–water partition coefficient (Wildman–Crippen LogP) is 9.29. The summed E-state index contributed by atoms with van der Waals surface area (Å²) in [4.78, 5) is 36.7. The number of hydrogen-bond donors (Lipinski definition) is 1. The number of quaternary nitrogens is 1. The fraction of sp³-hybridized carbons (Fsp3) is 0.725. The number of aliphatic carboxylic acids is 1. The molecule has 0 bridgehead atoms. The molecule has 0 rings (SSSR count). The summed E-state index contributed by atoms with van der Waals surface area (Å²) in [7, 11) is 5.49. The first kappa shape index (κ1) is 45.3. The van der Waals surface area contributed by atoms with E-state index in [1.807, 2.05) is 21.1 Å². The van der Waals surface area contributed by atoms with Gasteiger partial charge in [-0.1, -0.05) is 101 Å². The molecule has 0 amide bonds. The molecule has 0 aliphatic carbocycles. The molecule has 2 unspecified atom stereocenters. The molecule has 0 heterocycles. The minimum absolute atomic E-state index is 0.0452. The van der Waals surface area contributed by atoms with Crippen LogP contribution >= 0.6 is 0 Å². The van der Waals surface area contributed by atoms with Crippen molar-refractivity contribution in [3.63, 3.8) is 0 Å². The number of likely N-dealkylation sites (N-methyl/N-ethyl adjacent to an activating group) is 1. The van der Waals surface area contributed by atoms with Crippen molar-refractivity contribution in [3.05, 3.63) is 48.6 Å². The van der Waals surface area contributed by atoms with Gasteiger partial charge in [-0.25, -0.2) is 4.79 Å². The fourth-order valence-corrected chi connectivity index (χ4v) is 5.03. The number of unbranched alkanes of at least 4 members (excludes halogenated alkanes) is 10. The van der Waals surface area contributed by atoms with E-state index in [2.05, 4.69) is 62.5 Å². The molecular weight excluding hydrogens is 606 g/mol. The molecule has 0 aliphatic heterocycles. The monoisotopic (exact) mass is 677 g/mol. The van der Waals surface area contributed by atoms with E-state index in [0.717, 1.165) is 77.0 Å². The van der Waals surface area contributed by atoms with E-state index < -0.39 is 18.1 Å². The standard InChI is InChI=1S/C40H69NO7/c1-6-8-10-12-14-16-18-19-21-23-25-27-29-31-39(43)48-36(34-46-33-32-37(40(44)45)41(3,4)5)35-47-38(42)30-28-26-24-22-20-17-15-13-11-9-7-2/h8,10,13-16,19,21,36-37H,6-7,9,11-12,17-18,20,22-35H2,1-5H3/p+1/b10-8-,15-13-,16-14-,21-19-. The average molecular weight is 677 g/mol. The number of hydrogen-bond acceptors (Lipinski definition) is 6. The minimum atomic E-state index is -0.884. The predicted molar refractivity (Wildman–Crippen MR) is 197 cm³/mol. The Balaban J connectivity index is 4.51. The molecule has 0 saturated carbocycles. The molecule has 0 radical (unpaired) electrons. The zero-order chi connectivity index (χ0) is 35.7. The Morgan fingerprint density at radius 3 is 1.77 bits per heavy atom. The van der Waals surface area contributed by atoms with Crippen LogP contribution < -0.4 is 0 Å². The zero-order valence-corrected chi connectivity index (χ0v) is 31.2. The van der Waals surface area contributed by atoms with E-state index in [-0.39, 0.29) is 36.2 Å². The molecule has 0 spiro atoms. The van der Waals surface area contributed by atoms with E-state index in [1.165, 1.54) is 25.7 Å². The molecule has 276 valence electrons. The van der Waals surface area contributed by atoms with Gasteiger partial charge in [0.1, 0.15) is 6.61 Å². The lowest BCUT2D eigenvalue weighted by Crippen LogP contribution is -2.50. The Morgan fingerprint density at radius 1 is 0.646 bits per heavy atom. The van der Waals surface area contributed by atoms with Gasteiger partial charge in [0.05, 0.1) is 34.4 Å². The Labute approximate surface area is 293 Å². The third-order valence-electron chi connectivity index (χ3n) is 7.96. The third kappa shape index (κ3) is 29.4. The molecule has 2 atom stereocenters. The number of carboxylic acids is 1. The van der Waals surface area contributed by atoms with Crippen LogP contribution in [0.3, 0.4) is 0 Å². The van der Waals surface area contributed by atoms with Crippen molar-refractivity contribution >= 4 is 17.9 Å². The van der Waals surface area contributed by atoms with E-state index in [0.29, 0.717) is 19.3 Å². The number of allylic oxidation sites excluding steroid dienone is 8. The SMILES string of the molecule is CC/C=C\C/C=C\C/C=C\CCCCCC(=O)OC(COCCC(C(=O)O)[N+](C)(C)C)COC(=O)CCCCCCC/C=C\CCCC. The molecule has 0 aliphatic rings. The highest BCUT2D eigenvalue weighted by molar-refractivity contribution is 5.72. The van der Waals surface area contributed by atoms with Crippen molar-refractivity contribution in [3.8, 4) is 0 Å². The van der Waals surface area contributed by atoms with Crippen molar-refractivity contribution in [2.45, 2.75) is 148 Å². The maximum atomic E-state index is 12.6. The molecule has 0 saturated heterocycles. The van der Waals surface area contributed by atoms with E-state index in [4.69, 9.17) is 14.2 Å². The Kier molecular flexibility index (Phi) is 29.8. The lowest BCUT2D eigenvalue weighted by atomic mass is 10.1. The maximum absolute atomic E-state index is 12.6. The number of carbonyl (C=O) groups is 3. The normalized spacial score (nSPS) is 13.6. The Morgan fingerprint density at radius 2 is 1.17 bits per heavy atom. The number of nitrogens with zero attached hydrogens (tertiary/aromatic N) is 1. The van der Waals surface area contributed by atoms with Crippen LogP contribution in [-0.4, -0.2) is 80.6 Å². The minimum Gasteiger partial charge on any atom is -0.477 e. The van der Waals surface area contributed by atoms with Gasteiger partial charge in [-0.05, 0) is 64.2 Å². The number of esters is 2. The van der Waals surface area contributed by atoms with Crippen molar-refractivity contribution in [1.29, 1.82) is 0 Å². The molecule has 8 nitrogen and oxygen atoms in total. The van der Waals surface area contributed by atoms with Gasteiger partial charge in [0, 0.05) is 19.3 Å². The topological polar surface area (TPSA) is 99.1 Å². The van der Waals surface area contributed by atoms with E-state index in [1.54, 1.807) is 0 Å². The van der Waals surface area contributed by atoms with Crippen LogP contribution in [0, 0.1) is 0 Å². The molecule has 48 heavy (non-hydrogen) atoms. The largest absolute Gasteiger partial charge is 0.477 e. The fourth-order valence-electron chi connectivity index (χ4n) is 5.03. The molecule has 0 fully saturated rings.